The molecule has 2 saturated carbocycles. The van der Waals surface area contributed by atoms with Crippen LogP contribution in [0.2, 0.25) is 0 Å². The third-order valence-electron chi connectivity index (χ3n) is 6.52. The second-order valence-electron chi connectivity index (χ2n) is 8.79. The van der Waals surface area contributed by atoms with Crippen molar-refractivity contribution in [2.75, 3.05) is 0 Å². The number of benzene rings is 1. The number of rotatable bonds is 10. The first kappa shape index (κ1) is 22.2. The standard InChI is InChI=1S/C22H34N2O4S/c1-16(11-17-7-3-2-4-8-17)23-14-18-9-5-6-10-19(18)15-24-29(27,28)21-12-20(13-21)22(25)26/h5-6,9-10,16-17,20-21,23-24H,2-4,7-8,11-15H2,1H3,(H,25,26). The number of carbonyl (C=O) groups is 1. The van der Waals surface area contributed by atoms with E-state index in [-0.39, 0.29) is 19.4 Å². The quantitative estimate of drug-likeness (QED) is 0.537. The van der Waals surface area contributed by atoms with Crippen LogP contribution in [0.3, 0.4) is 0 Å². The molecule has 1 atom stereocenters. The minimum absolute atomic E-state index is 0.201. The van der Waals surface area contributed by atoms with Gasteiger partial charge in [0.1, 0.15) is 0 Å². The van der Waals surface area contributed by atoms with Crippen molar-refractivity contribution in [3.05, 3.63) is 35.4 Å². The Morgan fingerprint density at radius 1 is 1.10 bits per heavy atom. The van der Waals surface area contributed by atoms with E-state index >= 15 is 0 Å². The van der Waals surface area contributed by atoms with Crippen LogP contribution in [0.1, 0.15) is 69.4 Å². The molecule has 3 rings (SSSR count). The molecule has 2 fully saturated rings. The van der Waals surface area contributed by atoms with Crippen molar-refractivity contribution in [1.82, 2.24) is 10.0 Å². The Kier molecular flexibility index (Phi) is 7.71. The summed E-state index contributed by atoms with van der Waals surface area (Å²) in [5, 5.41) is 12.0. The molecule has 0 aromatic heterocycles. The highest BCUT2D eigenvalue weighted by Gasteiger charge is 2.42. The van der Waals surface area contributed by atoms with E-state index in [0.29, 0.717) is 6.04 Å². The van der Waals surface area contributed by atoms with Gasteiger partial charge in [-0.2, -0.15) is 0 Å². The normalized spacial score (nSPS) is 24.0. The maximum Gasteiger partial charge on any atom is 0.306 e. The molecule has 0 bridgehead atoms. The van der Waals surface area contributed by atoms with E-state index < -0.39 is 27.2 Å². The monoisotopic (exact) mass is 422 g/mol. The maximum absolute atomic E-state index is 12.4. The minimum atomic E-state index is -3.49. The Balaban J connectivity index is 1.49. The van der Waals surface area contributed by atoms with E-state index in [1.54, 1.807) is 0 Å². The van der Waals surface area contributed by atoms with Gasteiger partial charge in [0, 0.05) is 19.1 Å². The van der Waals surface area contributed by atoms with Crippen LogP contribution in [-0.4, -0.2) is 30.8 Å². The van der Waals surface area contributed by atoms with Crippen LogP contribution in [0.5, 0.6) is 0 Å². The molecule has 0 saturated heterocycles. The van der Waals surface area contributed by atoms with Gasteiger partial charge in [0.15, 0.2) is 0 Å². The lowest BCUT2D eigenvalue weighted by Gasteiger charge is -2.31. The summed E-state index contributed by atoms with van der Waals surface area (Å²) in [4.78, 5) is 10.9. The molecule has 0 radical (unpaired) electrons. The van der Waals surface area contributed by atoms with Gasteiger partial charge in [-0.3, -0.25) is 4.79 Å². The predicted molar refractivity (Wildman–Crippen MR) is 114 cm³/mol. The molecule has 0 amide bonds. The van der Waals surface area contributed by atoms with Crippen LogP contribution in [0.25, 0.3) is 0 Å². The molecule has 0 spiro atoms. The van der Waals surface area contributed by atoms with Crippen molar-refractivity contribution in [2.45, 2.75) is 82.7 Å². The SMILES string of the molecule is CC(CC1CCCCC1)NCc1ccccc1CNS(=O)(=O)C1CC(C(=O)O)C1. The van der Waals surface area contributed by atoms with Gasteiger partial charge in [0.05, 0.1) is 11.2 Å². The van der Waals surface area contributed by atoms with Gasteiger partial charge >= 0.3 is 5.97 Å². The molecule has 7 heteroatoms. The van der Waals surface area contributed by atoms with E-state index in [9.17, 15) is 13.2 Å². The molecule has 1 aromatic carbocycles. The third-order valence-corrected chi connectivity index (χ3v) is 8.33. The van der Waals surface area contributed by atoms with Crippen LogP contribution >= 0.6 is 0 Å². The number of hydrogen-bond donors (Lipinski definition) is 3. The highest BCUT2D eigenvalue weighted by Crippen LogP contribution is 2.32. The van der Waals surface area contributed by atoms with Gasteiger partial charge in [0.25, 0.3) is 0 Å². The number of nitrogens with one attached hydrogen (secondary N) is 2. The number of aliphatic carboxylic acids is 1. The molecule has 3 N–H and O–H groups in total. The number of hydrogen-bond acceptors (Lipinski definition) is 4. The fraction of sp³-hybridized carbons (Fsp3) is 0.682. The van der Waals surface area contributed by atoms with E-state index in [0.717, 1.165) is 23.6 Å². The molecule has 0 aliphatic heterocycles. The van der Waals surface area contributed by atoms with Crippen molar-refractivity contribution in [3.8, 4) is 0 Å². The molecule has 2 aliphatic carbocycles. The zero-order valence-electron chi connectivity index (χ0n) is 17.3. The molecule has 1 unspecified atom stereocenters. The van der Waals surface area contributed by atoms with Crippen molar-refractivity contribution < 1.29 is 18.3 Å². The Morgan fingerprint density at radius 3 is 2.34 bits per heavy atom. The van der Waals surface area contributed by atoms with Crippen LogP contribution in [0.4, 0.5) is 0 Å². The Hall–Kier alpha value is -1.44. The molecule has 162 valence electrons. The highest BCUT2D eigenvalue weighted by molar-refractivity contribution is 7.90. The summed E-state index contributed by atoms with van der Waals surface area (Å²) >= 11 is 0. The molecular formula is C22H34N2O4S. The summed E-state index contributed by atoms with van der Waals surface area (Å²) in [6.07, 6.45) is 8.37. The topological polar surface area (TPSA) is 95.5 Å². The summed E-state index contributed by atoms with van der Waals surface area (Å²) in [5.74, 6) is -0.612. The summed E-state index contributed by atoms with van der Waals surface area (Å²) in [5.41, 5.74) is 2.06. The Bertz CT molecular complexity index is 784. The van der Waals surface area contributed by atoms with E-state index in [1.165, 1.54) is 38.5 Å². The van der Waals surface area contributed by atoms with Gasteiger partial charge in [-0.15, -0.1) is 0 Å². The summed E-state index contributed by atoms with van der Waals surface area (Å²) < 4.78 is 27.5. The molecule has 29 heavy (non-hydrogen) atoms. The second-order valence-corrected chi connectivity index (χ2v) is 10.8. The fourth-order valence-electron chi connectivity index (χ4n) is 4.51. The maximum atomic E-state index is 12.4. The smallest absolute Gasteiger partial charge is 0.306 e. The number of sulfonamides is 1. The summed E-state index contributed by atoms with van der Waals surface area (Å²) in [6, 6.07) is 8.32. The van der Waals surface area contributed by atoms with Crippen molar-refractivity contribution >= 4 is 16.0 Å². The first-order chi connectivity index (χ1) is 13.8. The lowest BCUT2D eigenvalue weighted by molar-refractivity contribution is -0.144. The lowest BCUT2D eigenvalue weighted by Crippen LogP contribution is -2.45. The van der Waals surface area contributed by atoms with Crippen LogP contribution in [0.15, 0.2) is 24.3 Å². The van der Waals surface area contributed by atoms with Crippen LogP contribution < -0.4 is 10.0 Å². The number of carboxylic acid groups (broad SMARTS) is 1. The zero-order chi connectivity index (χ0) is 20.9. The first-order valence-corrected chi connectivity index (χ1v) is 12.4. The fourth-order valence-corrected chi connectivity index (χ4v) is 6.07. The number of carboxylic acids is 1. The minimum Gasteiger partial charge on any atom is -0.481 e. The third kappa shape index (κ3) is 6.27. The average molecular weight is 423 g/mol. The summed E-state index contributed by atoms with van der Waals surface area (Å²) in [6.45, 7) is 3.19. The largest absolute Gasteiger partial charge is 0.481 e. The van der Waals surface area contributed by atoms with Gasteiger partial charge in [0.2, 0.25) is 10.0 Å². The molecule has 1 aromatic rings. The predicted octanol–water partition coefficient (Wildman–Crippen LogP) is 3.42. The molecular weight excluding hydrogens is 388 g/mol. The zero-order valence-corrected chi connectivity index (χ0v) is 18.1. The van der Waals surface area contributed by atoms with Gasteiger partial charge in [-0.25, -0.2) is 13.1 Å². The van der Waals surface area contributed by atoms with Gasteiger partial charge < -0.3 is 10.4 Å². The van der Waals surface area contributed by atoms with E-state index in [2.05, 4.69) is 17.0 Å². The Morgan fingerprint density at radius 2 is 1.72 bits per heavy atom. The van der Waals surface area contributed by atoms with E-state index in [4.69, 9.17) is 5.11 Å². The second kappa shape index (κ2) is 10.0. The highest BCUT2D eigenvalue weighted by atomic mass is 32.2. The lowest BCUT2D eigenvalue weighted by atomic mass is 9.85. The molecule has 6 nitrogen and oxygen atoms in total. The molecule has 2 aliphatic rings. The summed E-state index contributed by atoms with van der Waals surface area (Å²) in [7, 11) is -3.49. The van der Waals surface area contributed by atoms with Crippen LogP contribution in [-0.2, 0) is 27.9 Å². The van der Waals surface area contributed by atoms with Crippen molar-refractivity contribution in [3.63, 3.8) is 0 Å². The van der Waals surface area contributed by atoms with Crippen molar-refractivity contribution in [2.24, 2.45) is 11.8 Å². The first-order valence-electron chi connectivity index (χ1n) is 10.9. The van der Waals surface area contributed by atoms with Crippen LogP contribution in [0, 0.1) is 11.8 Å². The van der Waals surface area contributed by atoms with E-state index in [1.807, 2.05) is 24.3 Å². The van der Waals surface area contributed by atoms with Crippen molar-refractivity contribution in [1.29, 1.82) is 0 Å². The Labute approximate surface area is 174 Å². The average Bonchev–Trinajstić information content (AvgIpc) is 2.64. The molecule has 0 heterocycles. The van der Waals surface area contributed by atoms with Gasteiger partial charge in [-0.1, -0.05) is 56.4 Å². The van der Waals surface area contributed by atoms with Gasteiger partial charge in [-0.05, 0) is 43.2 Å².